The first-order valence-electron chi connectivity index (χ1n) is 13.9. The van der Waals surface area contributed by atoms with Gasteiger partial charge >= 0.3 is 11.9 Å². The predicted octanol–water partition coefficient (Wildman–Crippen LogP) is 5.20. The Hall–Kier alpha value is -3.39. The van der Waals surface area contributed by atoms with E-state index in [1.54, 1.807) is 24.3 Å². The van der Waals surface area contributed by atoms with Crippen molar-refractivity contribution in [2.75, 3.05) is 26.4 Å². The quantitative estimate of drug-likeness (QED) is 0.0665. The molecule has 0 saturated heterocycles. The van der Waals surface area contributed by atoms with E-state index in [1.165, 1.54) is 0 Å². The van der Waals surface area contributed by atoms with Crippen molar-refractivity contribution in [3.8, 4) is 0 Å². The molecule has 10 heteroatoms. The lowest BCUT2D eigenvalue weighted by atomic mass is 10.2. The van der Waals surface area contributed by atoms with Gasteiger partial charge in [-0.25, -0.2) is 9.59 Å². The van der Waals surface area contributed by atoms with Crippen LogP contribution in [0, 0.1) is 0 Å². The molecular weight excluding hydrogens is 569 g/mol. The molecule has 2 rings (SSSR count). The number of hydrogen-bond acceptors (Lipinski definition) is 8. The van der Waals surface area contributed by atoms with Crippen LogP contribution in [0.2, 0.25) is 12.1 Å². The topological polar surface area (TPSA) is 89.5 Å². The standard InChI is InChI=1S/C32H42O8Si2/c1-8-35-23-24-36-25-30(37-39-31(33)26-15-19-28(20-16-26)41(9-2,10-3)11-4)38-40-32(34)27-17-21-29(22-18-27)42(12-5,13-6)14-7/h9-10,12-13,15-22,30H,2-3,5-6,8,11,14,23-25H2,1,4,7H3. The second-order valence-electron chi connectivity index (χ2n) is 9.39. The molecule has 0 saturated carbocycles. The Bertz CT molecular complexity index is 1090. The lowest BCUT2D eigenvalue weighted by Gasteiger charge is -2.23. The van der Waals surface area contributed by atoms with Gasteiger partial charge in [-0.3, -0.25) is 9.78 Å². The summed E-state index contributed by atoms with van der Waals surface area (Å²) in [6.45, 7) is 22.9. The first-order valence-corrected chi connectivity index (χ1v) is 18.7. The summed E-state index contributed by atoms with van der Waals surface area (Å²) in [6, 6.07) is 15.9. The van der Waals surface area contributed by atoms with Crippen molar-refractivity contribution >= 4 is 38.5 Å². The van der Waals surface area contributed by atoms with Gasteiger partial charge in [-0.1, -0.05) is 71.3 Å². The maximum absolute atomic E-state index is 12.7. The van der Waals surface area contributed by atoms with Crippen molar-refractivity contribution in [3.05, 3.63) is 109 Å². The highest BCUT2D eigenvalue weighted by atomic mass is 28.3. The van der Waals surface area contributed by atoms with Gasteiger partial charge in [0.15, 0.2) is 0 Å². The third kappa shape index (κ3) is 9.05. The average Bonchev–Trinajstić information content (AvgIpc) is 3.04. The molecule has 0 N–H and O–H groups in total. The van der Waals surface area contributed by atoms with Crippen LogP contribution in [0.4, 0.5) is 0 Å². The Morgan fingerprint density at radius 3 is 1.38 bits per heavy atom. The van der Waals surface area contributed by atoms with Crippen molar-refractivity contribution in [2.45, 2.75) is 39.1 Å². The molecule has 0 aliphatic carbocycles. The molecule has 0 aliphatic heterocycles. The van der Waals surface area contributed by atoms with Crippen LogP contribution in [-0.4, -0.2) is 60.8 Å². The van der Waals surface area contributed by atoms with E-state index in [4.69, 9.17) is 29.0 Å². The lowest BCUT2D eigenvalue weighted by molar-refractivity contribution is -0.427. The minimum absolute atomic E-state index is 0.196. The Kier molecular flexibility index (Phi) is 14.5. The first kappa shape index (κ1) is 34.8. The molecule has 2 aromatic rings. The zero-order chi connectivity index (χ0) is 31.0. The molecule has 0 aromatic heterocycles. The normalized spacial score (nSPS) is 11.5. The van der Waals surface area contributed by atoms with Gasteiger partial charge in [-0.15, -0.1) is 36.1 Å². The molecular formula is C32H42O8Si2. The second kappa shape index (κ2) is 17.5. The van der Waals surface area contributed by atoms with E-state index < -0.39 is 34.4 Å². The number of ether oxygens (including phenoxy) is 2. The summed E-state index contributed by atoms with van der Waals surface area (Å²) in [5.74, 6) is -1.50. The Morgan fingerprint density at radius 2 is 1.05 bits per heavy atom. The number of benzene rings is 2. The summed E-state index contributed by atoms with van der Waals surface area (Å²) in [4.78, 5) is 45.7. The fourth-order valence-corrected chi connectivity index (χ4v) is 9.08. The predicted molar refractivity (Wildman–Crippen MR) is 170 cm³/mol. The van der Waals surface area contributed by atoms with E-state index in [9.17, 15) is 9.59 Å². The van der Waals surface area contributed by atoms with Gasteiger partial charge in [0.05, 0.1) is 24.3 Å². The minimum atomic E-state index is -2.04. The van der Waals surface area contributed by atoms with Crippen LogP contribution in [0.3, 0.4) is 0 Å². The van der Waals surface area contributed by atoms with E-state index in [2.05, 4.69) is 40.2 Å². The molecule has 2 aromatic carbocycles. The highest BCUT2D eigenvalue weighted by Gasteiger charge is 2.28. The average molecular weight is 611 g/mol. The summed E-state index contributed by atoms with van der Waals surface area (Å²) in [5, 5.41) is 2.15. The van der Waals surface area contributed by atoms with Gasteiger partial charge in [0.2, 0.25) is 0 Å². The number of carbonyl (C=O) groups is 2. The fourth-order valence-electron chi connectivity index (χ4n) is 4.26. The molecule has 42 heavy (non-hydrogen) atoms. The summed E-state index contributed by atoms with van der Waals surface area (Å²) in [7, 11) is -4.08. The Labute approximate surface area is 251 Å². The highest BCUT2D eigenvalue weighted by molar-refractivity contribution is 7.00. The highest BCUT2D eigenvalue weighted by Crippen LogP contribution is 2.15. The van der Waals surface area contributed by atoms with Crippen molar-refractivity contribution in [1.29, 1.82) is 0 Å². The molecule has 0 radical (unpaired) electrons. The molecule has 0 amide bonds. The molecule has 226 valence electrons. The van der Waals surface area contributed by atoms with Gasteiger partial charge in [-0.2, -0.15) is 0 Å². The number of rotatable bonds is 20. The van der Waals surface area contributed by atoms with E-state index >= 15 is 0 Å². The van der Waals surface area contributed by atoms with E-state index in [-0.39, 0.29) is 24.3 Å². The maximum atomic E-state index is 12.7. The fraction of sp³-hybridized carbons (Fsp3) is 0.312. The molecule has 0 aliphatic rings. The molecule has 0 heterocycles. The van der Waals surface area contributed by atoms with Crippen molar-refractivity contribution in [1.82, 2.24) is 0 Å². The van der Waals surface area contributed by atoms with Crippen LogP contribution in [-0.2, 0) is 29.0 Å². The van der Waals surface area contributed by atoms with E-state index in [1.807, 2.05) is 54.0 Å². The van der Waals surface area contributed by atoms with Gasteiger partial charge in [-0.05, 0) is 43.3 Å². The first-order chi connectivity index (χ1) is 20.3. The largest absolute Gasteiger partial charge is 0.379 e. The van der Waals surface area contributed by atoms with Crippen molar-refractivity contribution in [3.63, 3.8) is 0 Å². The molecule has 0 unspecified atom stereocenters. The summed E-state index contributed by atoms with van der Waals surface area (Å²) in [6.07, 6.45) is -1.35. The monoisotopic (exact) mass is 610 g/mol. The minimum Gasteiger partial charge on any atom is -0.379 e. The molecule has 0 bridgehead atoms. The SMILES string of the molecule is C=C[Si](C=C)(CC)c1ccc(C(=O)OOC(COCCOCC)OOC(=O)c2ccc([Si](C=C)(C=C)CC)cc2)cc1. The third-order valence-corrected chi connectivity index (χ3v) is 15.3. The Morgan fingerprint density at radius 1 is 0.667 bits per heavy atom. The zero-order valence-corrected chi connectivity index (χ0v) is 26.8. The van der Waals surface area contributed by atoms with Crippen LogP contribution >= 0.6 is 0 Å². The van der Waals surface area contributed by atoms with Crippen molar-refractivity contribution < 1.29 is 38.6 Å². The van der Waals surface area contributed by atoms with Crippen LogP contribution in [0.1, 0.15) is 41.5 Å². The van der Waals surface area contributed by atoms with Gasteiger partial charge in [0.25, 0.3) is 6.29 Å². The number of hydrogen-bond donors (Lipinski definition) is 0. The van der Waals surface area contributed by atoms with Gasteiger partial charge < -0.3 is 9.47 Å². The van der Waals surface area contributed by atoms with Crippen LogP contribution < -0.4 is 10.4 Å². The van der Waals surface area contributed by atoms with E-state index in [0.717, 1.165) is 22.5 Å². The summed E-state index contributed by atoms with van der Waals surface area (Å²) < 4.78 is 10.7. The molecule has 0 atom stereocenters. The Balaban J connectivity index is 2.05. The molecule has 8 nitrogen and oxygen atoms in total. The summed E-state index contributed by atoms with van der Waals surface area (Å²) in [5.41, 5.74) is 8.38. The van der Waals surface area contributed by atoms with Crippen LogP contribution in [0.15, 0.2) is 97.6 Å². The van der Waals surface area contributed by atoms with Crippen molar-refractivity contribution in [2.24, 2.45) is 0 Å². The maximum Gasteiger partial charge on any atom is 0.373 e. The van der Waals surface area contributed by atoms with Crippen LogP contribution in [0.25, 0.3) is 0 Å². The molecule has 0 spiro atoms. The van der Waals surface area contributed by atoms with Gasteiger partial charge in [0.1, 0.15) is 22.8 Å². The van der Waals surface area contributed by atoms with Gasteiger partial charge in [0, 0.05) is 6.61 Å². The van der Waals surface area contributed by atoms with E-state index in [0.29, 0.717) is 13.2 Å². The lowest BCUT2D eigenvalue weighted by Crippen LogP contribution is -2.43. The third-order valence-electron chi connectivity index (χ3n) is 7.24. The van der Waals surface area contributed by atoms with Crippen LogP contribution in [0.5, 0.6) is 0 Å². The smallest absolute Gasteiger partial charge is 0.373 e. The zero-order valence-electron chi connectivity index (χ0n) is 24.8. The summed E-state index contributed by atoms with van der Waals surface area (Å²) >= 11 is 0. The molecule has 0 fully saturated rings. The second-order valence-corrected chi connectivity index (χ2v) is 17.8. The number of carbonyl (C=O) groups excluding carboxylic acids is 2.